The molecule has 3 aromatic rings. The number of hydrogen-bond donors (Lipinski definition) is 0. The lowest BCUT2D eigenvalue weighted by molar-refractivity contribution is 0.311. The first-order valence-corrected chi connectivity index (χ1v) is 11.8. The fraction of sp³-hybridized carbons (Fsp3) is 0.391. The summed E-state index contributed by atoms with van der Waals surface area (Å²) >= 11 is 0. The second-order valence-corrected chi connectivity index (χ2v) is 10.1. The van der Waals surface area contributed by atoms with Crippen LogP contribution in [0.15, 0.2) is 45.8 Å². The number of benzene rings is 1. The zero-order valence-electron chi connectivity index (χ0n) is 17.9. The second-order valence-electron chi connectivity index (χ2n) is 8.20. The van der Waals surface area contributed by atoms with Gasteiger partial charge in [-0.05, 0) is 75.4 Å². The largest absolute Gasteiger partial charge is 0.360 e. The van der Waals surface area contributed by atoms with Gasteiger partial charge in [-0.15, -0.1) is 0 Å². The number of piperidine rings is 1. The highest BCUT2D eigenvalue weighted by Crippen LogP contribution is 2.32. The molecule has 31 heavy (non-hydrogen) atoms. The molecule has 3 heterocycles. The van der Waals surface area contributed by atoms with E-state index in [1.807, 2.05) is 25.1 Å². The fourth-order valence-corrected chi connectivity index (χ4v) is 6.15. The summed E-state index contributed by atoms with van der Waals surface area (Å²) in [5.74, 6) is 0.0526. The van der Waals surface area contributed by atoms with E-state index >= 15 is 0 Å². The zero-order valence-corrected chi connectivity index (χ0v) is 18.7. The van der Waals surface area contributed by atoms with Crippen LogP contribution in [0.25, 0.3) is 0 Å². The van der Waals surface area contributed by atoms with E-state index in [1.165, 1.54) is 16.4 Å². The fourth-order valence-electron chi connectivity index (χ4n) is 4.34. The average Bonchev–Trinajstić information content (AvgIpc) is 3.06. The van der Waals surface area contributed by atoms with Gasteiger partial charge in [-0.1, -0.05) is 17.3 Å². The SMILES string of the molecule is Cc1cc(Cc2cccc(F)c2)cc(C2CCCN(S(=O)(=O)c3c(C)noc3C)C2)n1. The molecule has 6 nitrogen and oxygen atoms in total. The van der Waals surface area contributed by atoms with Gasteiger partial charge >= 0.3 is 0 Å². The van der Waals surface area contributed by atoms with Crippen LogP contribution in [0.5, 0.6) is 0 Å². The Morgan fingerprint density at radius 1 is 1.16 bits per heavy atom. The van der Waals surface area contributed by atoms with Crippen LogP contribution >= 0.6 is 0 Å². The minimum absolute atomic E-state index is 0.00448. The Bertz CT molecular complexity index is 1190. The van der Waals surface area contributed by atoms with E-state index in [4.69, 9.17) is 9.51 Å². The van der Waals surface area contributed by atoms with Crippen molar-refractivity contribution < 1.29 is 17.3 Å². The molecule has 4 rings (SSSR count). The third kappa shape index (κ3) is 4.55. The molecule has 0 amide bonds. The highest BCUT2D eigenvalue weighted by Gasteiger charge is 2.35. The quantitative estimate of drug-likeness (QED) is 0.588. The van der Waals surface area contributed by atoms with Gasteiger partial charge in [0.25, 0.3) is 0 Å². The average molecular weight is 444 g/mol. The summed E-state index contributed by atoms with van der Waals surface area (Å²) in [5.41, 5.74) is 4.06. The van der Waals surface area contributed by atoms with Gasteiger partial charge in [0.05, 0.1) is 0 Å². The van der Waals surface area contributed by atoms with Crippen LogP contribution in [0.1, 0.15) is 52.7 Å². The Balaban J connectivity index is 1.59. The number of aryl methyl sites for hydroxylation is 3. The molecule has 0 saturated carbocycles. The Hall–Kier alpha value is -2.58. The van der Waals surface area contributed by atoms with Crippen molar-refractivity contribution >= 4 is 10.0 Å². The molecule has 1 aliphatic heterocycles. The van der Waals surface area contributed by atoms with Crippen LogP contribution in [0.3, 0.4) is 0 Å². The van der Waals surface area contributed by atoms with Gasteiger partial charge in [0.1, 0.15) is 16.4 Å². The number of nitrogens with zero attached hydrogens (tertiary/aromatic N) is 3. The summed E-state index contributed by atoms with van der Waals surface area (Å²) in [5, 5.41) is 3.80. The standard InChI is InChI=1S/C23H26FN3O3S/c1-15-10-19(11-18-6-4-8-21(24)12-18)13-22(25-15)20-7-5-9-27(14-20)31(28,29)23-16(2)26-30-17(23)3/h4,6,8,10,12-13,20H,5,7,9,11,14H2,1-3H3. The Morgan fingerprint density at radius 2 is 1.97 bits per heavy atom. The number of hydrogen-bond acceptors (Lipinski definition) is 5. The van der Waals surface area contributed by atoms with E-state index in [0.717, 1.165) is 35.4 Å². The number of halogens is 1. The molecule has 0 N–H and O–H groups in total. The van der Waals surface area contributed by atoms with Crippen molar-refractivity contribution in [1.29, 1.82) is 0 Å². The topological polar surface area (TPSA) is 76.3 Å². The monoisotopic (exact) mass is 443 g/mol. The Labute approximate surface area is 182 Å². The van der Waals surface area contributed by atoms with Gasteiger partial charge in [-0.25, -0.2) is 12.8 Å². The van der Waals surface area contributed by atoms with Gasteiger partial charge in [0.15, 0.2) is 5.76 Å². The summed E-state index contributed by atoms with van der Waals surface area (Å²) in [6, 6.07) is 10.6. The number of aromatic nitrogens is 2. The van der Waals surface area contributed by atoms with Gasteiger partial charge in [-0.2, -0.15) is 4.31 Å². The molecule has 0 radical (unpaired) electrons. The lowest BCUT2D eigenvalue weighted by atomic mass is 9.93. The smallest absolute Gasteiger partial charge is 0.248 e. The normalized spacial score (nSPS) is 17.7. The summed E-state index contributed by atoms with van der Waals surface area (Å²) in [6.07, 6.45) is 2.22. The minimum Gasteiger partial charge on any atom is -0.360 e. The van der Waals surface area contributed by atoms with E-state index in [1.54, 1.807) is 19.9 Å². The lowest BCUT2D eigenvalue weighted by Gasteiger charge is -2.31. The van der Waals surface area contributed by atoms with Crippen molar-refractivity contribution in [2.75, 3.05) is 13.1 Å². The first kappa shape index (κ1) is 21.6. The van der Waals surface area contributed by atoms with Crippen LogP contribution in [-0.4, -0.2) is 36.0 Å². The highest BCUT2D eigenvalue weighted by atomic mass is 32.2. The van der Waals surface area contributed by atoms with Gasteiger partial charge in [0, 0.05) is 30.4 Å². The third-order valence-corrected chi connectivity index (χ3v) is 7.81. The van der Waals surface area contributed by atoms with Crippen LogP contribution in [0.2, 0.25) is 0 Å². The van der Waals surface area contributed by atoms with Crippen molar-refractivity contribution in [3.05, 3.63) is 76.2 Å². The van der Waals surface area contributed by atoms with E-state index in [0.29, 0.717) is 31.0 Å². The van der Waals surface area contributed by atoms with E-state index in [2.05, 4.69) is 5.16 Å². The molecule has 2 aromatic heterocycles. The van der Waals surface area contributed by atoms with E-state index in [9.17, 15) is 12.8 Å². The molecule has 1 aromatic carbocycles. The van der Waals surface area contributed by atoms with Crippen LogP contribution in [0, 0.1) is 26.6 Å². The van der Waals surface area contributed by atoms with E-state index in [-0.39, 0.29) is 16.6 Å². The van der Waals surface area contributed by atoms with Gasteiger partial charge in [0.2, 0.25) is 10.0 Å². The first-order valence-electron chi connectivity index (χ1n) is 10.4. The molecular weight excluding hydrogens is 417 g/mol. The molecule has 8 heteroatoms. The maximum Gasteiger partial charge on any atom is 0.248 e. The van der Waals surface area contributed by atoms with Gasteiger partial charge < -0.3 is 4.52 Å². The lowest BCUT2D eigenvalue weighted by Crippen LogP contribution is -2.39. The molecule has 1 unspecified atom stereocenters. The molecule has 1 atom stereocenters. The predicted molar refractivity (Wildman–Crippen MR) is 115 cm³/mol. The number of sulfonamides is 1. The number of rotatable bonds is 5. The summed E-state index contributed by atoms with van der Waals surface area (Å²) in [7, 11) is -3.69. The molecular formula is C23H26FN3O3S. The van der Waals surface area contributed by atoms with Gasteiger partial charge in [-0.3, -0.25) is 4.98 Å². The summed E-state index contributed by atoms with van der Waals surface area (Å²) in [4.78, 5) is 4.87. The summed E-state index contributed by atoms with van der Waals surface area (Å²) in [6.45, 7) is 6.02. The minimum atomic E-state index is -3.69. The highest BCUT2D eigenvalue weighted by molar-refractivity contribution is 7.89. The zero-order chi connectivity index (χ0) is 22.2. The number of pyridine rings is 1. The van der Waals surface area contributed by atoms with E-state index < -0.39 is 10.0 Å². The van der Waals surface area contributed by atoms with Crippen molar-refractivity contribution in [3.63, 3.8) is 0 Å². The van der Waals surface area contributed by atoms with Crippen molar-refractivity contribution in [2.45, 2.75) is 50.8 Å². The molecule has 0 spiro atoms. The summed E-state index contributed by atoms with van der Waals surface area (Å²) < 4.78 is 46.7. The Morgan fingerprint density at radius 3 is 2.68 bits per heavy atom. The predicted octanol–water partition coefficient (Wildman–Crippen LogP) is 4.29. The molecule has 1 fully saturated rings. The van der Waals surface area contributed by atoms with Crippen molar-refractivity contribution in [3.8, 4) is 0 Å². The molecule has 164 valence electrons. The first-order chi connectivity index (χ1) is 14.7. The molecule has 1 aliphatic rings. The maximum atomic E-state index is 13.6. The molecule has 0 aliphatic carbocycles. The van der Waals surface area contributed by atoms with Crippen molar-refractivity contribution in [1.82, 2.24) is 14.4 Å². The molecule has 1 saturated heterocycles. The third-order valence-electron chi connectivity index (χ3n) is 5.70. The second kappa shape index (κ2) is 8.51. The van der Waals surface area contributed by atoms with Crippen LogP contribution < -0.4 is 0 Å². The van der Waals surface area contributed by atoms with Crippen molar-refractivity contribution in [2.24, 2.45) is 0 Å². The Kier molecular flexibility index (Phi) is 5.94. The molecule has 0 bridgehead atoms. The maximum absolute atomic E-state index is 13.6. The van der Waals surface area contributed by atoms with Crippen LogP contribution in [0.4, 0.5) is 4.39 Å². The van der Waals surface area contributed by atoms with Crippen LogP contribution in [-0.2, 0) is 16.4 Å².